The Balaban J connectivity index is 2.02. The maximum atomic E-state index is 13.1. The number of carbonyl (C=O) groups excluding carboxylic acids is 1. The standard InChI is InChI=1S/C23H22N4O4/c1-15(2)17-9-8-16(3)21(13-17)31-23(28)20-14-26(11-5-10-24)25-22(20)18-6-4-7-19(12-18)27(29)30/h4,6-9,12-15H,5,11H2,1-3H3. The number of hydrogen-bond donors (Lipinski definition) is 0. The minimum absolute atomic E-state index is 0.108. The van der Waals surface area contributed by atoms with Crippen molar-refractivity contribution in [3.63, 3.8) is 0 Å². The molecular weight excluding hydrogens is 396 g/mol. The van der Waals surface area contributed by atoms with Gasteiger partial charge in [-0.2, -0.15) is 10.4 Å². The fraction of sp³-hybridized carbons (Fsp3) is 0.261. The van der Waals surface area contributed by atoms with Crippen LogP contribution >= 0.6 is 0 Å². The van der Waals surface area contributed by atoms with E-state index in [4.69, 9.17) is 10.00 Å². The highest BCUT2D eigenvalue weighted by Crippen LogP contribution is 2.29. The second-order valence-corrected chi connectivity index (χ2v) is 7.44. The summed E-state index contributed by atoms with van der Waals surface area (Å²) in [7, 11) is 0. The summed E-state index contributed by atoms with van der Waals surface area (Å²) in [5.74, 6) is 0.104. The quantitative estimate of drug-likeness (QED) is 0.230. The Bertz CT molecular complexity index is 1170. The van der Waals surface area contributed by atoms with E-state index >= 15 is 0 Å². The normalized spacial score (nSPS) is 10.7. The third kappa shape index (κ3) is 4.95. The lowest BCUT2D eigenvalue weighted by Crippen LogP contribution is -2.10. The molecule has 0 atom stereocenters. The minimum atomic E-state index is -0.617. The van der Waals surface area contributed by atoms with Gasteiger partial charge in [-0.25, -0.2) is 4.79 Å². The maximum Gasteiger partial charge on any atom is 0.347 e. The van der Waals surface area contributed by atoms with Crippen LogP contribution < -0.4 is 4.74 Å². The molecule has 0 aliphatic heterocycles. The van der Waals surface area contributed by atoms with Gasteiger partial charge in [0.2, 0.25) is 0 Å². The van der Waals surface area contributed by atoms with E-state index < -0.39 is 10.9 Å². The summed E-state index contributed by atoms with van der Waals surface area (Å²) >= 11 is 0. The van der Waals surface area contributed by atoms with Crippen LogP contribution in [0.25, 0.3) is 11.3 Å². The Morgan fingerprint density at radius 3 is 2.74 bits per heavy atom. The molecule has 0 N–H and O–H groups in total. The van der Waals surface area contributed by atoms with Crippen molar-refractivity contribution in [1.82, 2.24) is 9.78 Å². The van der Waals surface area contributed by atoms with E-state index in [2.05, 4.69) is 18.9 Å². The van der Waals surface area contributed by atoms with Gasteiger partial charge in [0.05, 0.1) is 24.0 Å². The van der Waals surface area contributed by atoms with Crippen LogP contribution in [0.15, 0.2) is 48.7 Å². The molecule has 2 aromatic carbocycles. The topological polar surface area (TPSA) is 111 Å². The molecule has 0 bridgehead atoms. The monoisotopic (exact) mass is 418 g/mol. The fourth-order valence-electron chi connectivity index (χ4n) is 3.07. The first-order valence-electron chi connectivity index (χ1n) is 9.82. The van der Waals surface area contributed by atoms with E-state index in [0.29, 0.717) is 11.3 Å². The predicted molar refractivity (Wildman–Crippen MR) is 115 cm³/mol. The first-order chi connectivity index (χ1) is 14.8. The Morgan fingerprint density at radius 1 is 1.29 bits per heavy atom. The second kappa shape index (κ2) is 9.22. The van der Waals surface area contributed by atoms with E-state index in [1.165, 1.54) is 29.1 Å². The zero-order chi connectivity index (χ0) is 22.5. The summed E-state index contributed by atoms with van der Waals surface area (Å²) < 4.78 is 7.17. The third-order valence-electron chi connectivity index (χ3n) is 4.85. The molecule has 0 amide bonds. The van der Waals surface area contributed by atoms with Crippen molar-refractivity contribution >= 4 is 11.7 Å². The van der Waals surface area contributed by atoms with Crippen molar-refractivity contribution in [1.29, 1.82) is 5.26 Å². The number of nitro benzene ring substituents is 1. The molecule has 0 saturated heterocycles. The molecule has 0 aliphatic rings. The third-order valence-corrected chi connectivity index (χ3v) is 4.85. The van der Waals surface area contributed by atoms with Crippen molar-refractivity contribution in [2.75, 3.05) is 0 Å². The molecular formula is C23H22N4O4. The van der Waals surface area contributed by atoms with Crippen LogP contribution in [-0.4, -0.2) is 20.7 Å². The lowest BCUT2D eigenvalue weighted by atomic mass is 10.0. The van der Waals surface area contributed by atoms with Gasteiger partial charge in [0.25, 0.3) is 5.69 Å². The number of hydrogen-bond acceptors (Lipinski definition) is 6. The lowest BCUT2D eigenvalue weighted by Gasteiger charge is -2.11. The zero-order valence-electron chi connectivity index (χ0n) is 17.5. The van der Waals surface area contributed by atoms with E-state index in [1.807, 2.05) is 31.2 Å². The molecule has 158 valence electrons. The van der Waals surface area contributed by atoms with E-state index in [1.54, 1.807) is 6.07 Å². The molecule has 0 aliphatic carbocycles. The van der Waals surface area contributed by atoms with E-state index in [0.717, 1.165) is 11.1 Å². The van der Waals surface area contributed by atoms with Gasteiger partial charge in [0, 0.05) is 23.9 Å². The van der Waals surface area contributed by atoms with Gasteiger partial charge < -0.3 is 4.74 Å². The highest BCUT2D eigenvalue weighted by Gasteiger charge is 2.22. The van der Waals surface area contributed by atoms with Crippen molar-refractivity contribution in [2.24, 2.45) is 0 Å². The highest BCUT2D eigenvalue weighted by molar-refractivity contribution is 5.97. The highest BCUT2D eigenvalue weighted by atomic mass is 16.6. The number of rotatable bonds is 7. The number of aryl methyl sites for hydroxylation is 2. The van der Waals surface area contributed by atoms with Crippen LogP contribution in [0.2, 0.25) is 0 Å². The summed E-state index contributed by atoms with van der Waals surface area (Å²) in [5, 5.41) is 24.4. The Kier molecular flexibility index (Phi) is 6.46. The fourth-order valence-corrected chi connectivity index (χ4v) is 3.07. The van der Waals surface area contributed by atoms with E-state index in [-0.39, 0.29) is 35.8 Å². The summed E-state index contributed by atoms with van der Waals surface area (Å²) in [6.45, 7) is 6.24. The molecule has 3 aromatic rings. The van der Waals surface area contributed by atoms with Gasteiger partial charge in [-0.3, -0.25) is 14.8 Å². The smallest absolute Gasteiger partial charge is 0.347 e. The van der Waals surface area contributed by atoms with Crippen molar-refractivity contribution in [2.45, 2.75) is 39.7 Å². The number of aromatic nitrogens is 2. The number of nitrogens with zero attached hydrogens (tertiary/aromatic N) is 4. The largest absolute Gasteiger partial charge is 0.423 e. The van der Waals surface area contributed by atoms with Crippen molar-refractivity contribution in [3.8, 4) is 23.1 Å². The molecule has 0 fully saturated rings. The molecule has 1 heterocycles. The predicted octanol–water partition coefficient (Wildman–Crippen LogP) is 5.02. The van der Waals surface area contributed by atoms with Gasteiger partial charge in [0.15, 0.2) is 0 Å². The SMILES string of the molecule is Cc1ccc(C(C)C)cc1OC(=O)c1cn(CCC#N)nc1-c1cccc([N+](=O)[O-])c1. The number of esters is 1. The second-order valence-electron chi connectivity index (χ2n) is 7.44. The minimum Gasteiger partial charge on any atom is -0.423 e. The number of ether oxygens (including phenoxy) is 1. The summed E-state index contributed by atoms with van der Waals surface area (Å²) in [6, 6.07) is 13.7. The van der Waals surface area contributed by atoms with Crippen LogP contribution in [-0.2, 0) is 6.54 Å². The van der Waals surface area contributed by atoms with Gasteiger partial charge in [-0.15, -0.1) is 0 Å². The lowest BCUT2D eigenvalue weighted by molar-refractivity contribution is -0.384. The number of non-ortho nitro benzene ring substituents is 1. The Labute approximate surface area is 179 Å². The molecule has 8 nitrogen and oxygen atoms in total. The summed E-state index contributed by atoms with van der Waals surface area (Å²) in [6.07, 6.45) is 1.72. The molecule has 0 radical (unpaired) electrons. The Hall–Kier alpha value is -3.99. The van der Waals surface area contributed by atoms with Crippen LogP contribution in [0.4, 0.5) is 5.69 Å². The molecule has 8 heteroatoms. The van der Waals surface area contributed by atoms with Crippen LogP contribution in [0.1, 0.15) is 47.7 Å². The molecule has 0 saturated carbocycles. The maximum absolute atomic E-state index is 13.1. The average Bonchev–Trinajstić information content (AvgIpc) is 3.18. The van der Waals surface area contributed by atoms with Gasteiger partial charge in [-0.05, 0) is 30.0 Å². The van der Waals surface area contributed by atoms with Crippen LogP contribution in [0.3, 0.4) is 0 Å². The molecule has 3 rings (SSSR count). The summed E-state index contributed by atoms with van der Waals surface area (Å²) in [4.78, 5) is 23.7. The molecule has 0 spiro atoms. The van der Waals surface area contributed by atoms with Gasteiger partial charge >= 0.3 is 5.97 Å². The van der Waals surface area contributed by atoms with Crippen LogP contribution in [0.5, 0.6) is 5.75 Å². The molecule has 0 unspecified atom stereocenters. The molecule has 31 heavy (non-hydrogen) atoms. The van der Waals surface area contributed by atoms with Crippen LogP contribution in [0, 0.1) is 28.4 Å². The number of benzene rings is 2. The van der Waals surface area contributed by atoms with Gasteiger partial charge in [-0.1, -0.05) is 38.1 Å². The number of nitriles is 1. The number of carbonyl (C=O) groups is 1. The van der Waals surface area contributed by atoms with E-state index in [9.17, 15) is 14.9 Å². The summed E-state index contributed by atoms with van der Waals surface area (Å²) in [5.41, 5.74) is 2.61. The Morgan fingerprint density at radius 2 is 2.06 bits per heavy atom. The number of nitro groups is 1. The van der Waals surface area contributed by atoms with Crippen molar-refractivity contribution in [3.05, 3.63) is 75.5 Å². The average molecular weight is 418 g/mol. The first-order valence-corrected chi connectivity index (χ1v) is 9.82. The zero-order valence-corrected chi connectivity index (χ0v) is 17.5. The first kappa shape index (κ1) is 21.7. The van der Waals surface area contributed by atoms with Gasteiger partial charge in [0.1, 0.15) is 17.0 Å². The molecule has 1 aromatic heterocycles. The van der Waals surface area contributed by atoms with Crippen molar-refractivity contribution < 1.29 is 14.5 Å².